The average Bonchev–Trinajstić information content (AvgIpc) is 2.44. The highest BCUT2D eigenvalue weighted by Crippen LogP contribution is 2.38. The van der Waals surface area contributed by atoms with Crippen LogP contribution < -0.4 is 14.7 Å². The molecule has 1 atom stereocenters. The van der Waals surface area contributed by atoms with Gasteiger partial charge in [-0.25, -0.2) is 14.7 Å². The van der Waals surface area contributed by atoms with E-state index in [4.69, 9.17) is 4.52 Å². The summed E-state index contributed by atoms with van der Waals surface area (Å²) in [4.78, 5) is 0. The molecule has 0 saturated heterocycles. The quantitative estimate of drug-likeness (QED) is 0.394. The third kappa shape index (κ3) is 8.18. The number of hydrogen-bond acceptors (Lipinski definition) is 2. The van der Waals surface area contributed by atoms with Crippen molar-refractivity contribution in [1.82, 2.24) is 10.2 Å². The molecule has 1 unspecified atom stereocenters. The summed E-state index contributed by atoms with van der Waals surface area (Å²) in [6.07, 6.45) is 4.91. The Morgan fingerprint density at radius 1 is 1.05 bits per heavy atom. The van der Waals surface area contributed by atoms with Gasteiger partial charge in [0, 0.05) is 13.1 Å². The Bertz CT molecular complexity index is 545. The van der Waals surface area contributed by atoms with E-state index in [-0.39, 0.29) is 0 Å². The predicted molar refractivity (Wildman–Crippen MR) is 94.2 cm³/mol. The molecule has 0 radical (unpaired) electrons. The molecule has 0 fully saturated rings. The van der Waals surface area contributed by atoms with Crippen molar-refractivity contribution in [2.45, 2.75) is 34.1 Å². The van der Waals surface area contributed by atoms with E-state index >= 15 is 0 Å². The zero-order valence-corrected chi connectivity index (χ0v) is 14.8. The Kier molecular flexibility index (Phi) is 8.18. The molecule has 2 N–H and O–H groups in total. The molecule has 0 aliphatic carbocycles. The van der Waals surface area contributed by atoms with E-state index in [0.29, 0.717) is 18.8 Å². The Hall–Kier alpha value is -1.35. The monoisotopic (exact) mass is 322 g/mol. The standard InChI is InChI=1S/C17H27N2O2P/c1-15(2)9-8-13-18-22(20,19-14-12-16(3)4)21-17-10-6-5-7-11-17/h5-7,9-12H,8,13-14H2,1-4H3,(H2,18,19,20). The van der Waals surface area contributed by atoms with E-state index in [9.17, 15) is 4.57 Å². The molecule has 4 nitrogen and oxygen atoms in total. The molecule has 1 aromatic rings. The van der Waals surface area contributed by atoms with Gasteiger partial charge < -0.3 is 4.52 Å². The van der Waals surface area contributed by atoms with Crippen molar-refractivity contribution in [1.29, 1.82) is 0 Å². The summed E-state index contributed by atoms with van der Waals surface area (Å²) >= 11 is 0. The lowest BCUT2D eigenvalue weighted by atomic mass is 10.3. The summed E-state index contributed by atoms with van der Waals surface area (Å²) in [6, 6.07) is 9.22. The molecule has 122 valence electrons. The van der Waals surface area contributed by atoms with Gasteiger partial charge in [0.1, 0.15) is 5.75 Å². The number of para-hydroxylation sites is 1. The van der Waals surface area contributed by atoms with Crippen LogP contribution in [0.5, 0.6) is 5.75 Å². The van der Waals surface area contributed by atoms with Crippen LogP contribution in [0.15, 0.2) is 53.6 Å². The molecule has 0 saturated carbocycles. The fraction of sp³-hybridized carbons (Fsp3) is 0.412. The largest absolute Gasteiger partial charge is 0.422 e. The van der Waals surface area contributed by atoms with Crippen LogP contribution in [0.25, 0.3) is 0 Å². The van der Waals surface area contributed by atoms with E-state index < -0.39 is 7.67 Å². The fourth-order valence-corrected chi connectivity index (χ4v) is 3.11. The smallest absolute Gasteiger partial charge is 0.390 e. The fourth-order valence-electron chi connectivity index (χ4n) is 1.69. The Morgan fingerprint density at radius 2 is 1.68 bits per heavy atom. The topological polar surface area (TPSA) is 50.4 Å². The van der Waals surface area contributed by atoms with Gasteiger partial charge in [-0.1, -0.05) is 41.5 Å². The first kappa shape index (κ1) is 18.7. The van der Waals surface area contributed by atoms with E-state index in [0.717, 1.165) is 6.42 Å². The van der Waals surface area contributed by atoms with Crippen LogP contribution in [0.2, 0.25) is 0 Å². The first-order valence-electron chi connectivity index (χ1n) is 7.53. The van der Waals surface area contributed by atoms with E-state index in [1.54, 1.807) is 12.1 Å². The Balaban J connectivity index is 2.68. The number of nitrogens with one attached hydrogen (secondary N) is 2. The Labute approximate surface area is 134 Å². The normalized spacial score (nSPS) is 13.1. The van der Waals surface area contributed by atoms with Gasteiger partial charge in [-0.3, -0.25) is 0 Å². The molecule has 0 aromatic heterocycles. The van der Waals surface area contributed by atoms with Gasteiger partial charge in [-0.15, -0.1) is 0 Å². The second kappa shape index (κ2) is 9.62. The second-order valence-corrected chi connectivity index (χ2v) is 7.50. The average molecular weight is 322 g/mol. The van der Waals surface area contributed by atoms with Crippen molar-refractivity contribution in [2.75, 3.05) is 13.1 Å². The van der Waals surface area contributed by atoms with Gasteiger partial charge in [0.15, 0.2) is 0 Å². The summed E-state index contributed by atoms with van der Waals surface area (Å²) in [5, 5.41) is 6.01. The van der Waals surface area contributed by atoms with Crippen LogP contribution in [0.3, 0.4) is 0 Å². The third-order valence-electron chi connectivity index (χ3n) is 2.80. The first-order valence-corrected chi connectivity index (χ1v) is 9.15. The third-order valence-corrected chi connectivity index (χ3v) is 4.51. The van der Waals surface area contributed by atoms with Crippen molar-refractivity contribution in [3.8, 4) is 5.75 Å². The number of allylic oxidation sites excluding steroid dienone is 2. The summed E-state index contributed by atoms with van der Waals surface area (Å²) in [7, 11) is -3.13. The molecule has 0 spiro atoms. The first-order chi connectivity index (χ1) is 10.4. The van der Waals surface area contributed by atoms with Crippen LogP contribution in [0.1, 0.15) is 34.1 Å². The predicted octanol–water partition coefficient (Wildman–Crippen LogP) is 4.68. The maximum atomic E-state index is 12.9. The summed E-state index contributed by atoms with van der Waals surface area (Å²) < 4.78 is 18.6. The zero-order chi connectivity index (χ0) is 16.4. The lowest BCUT2D eigenvalue weighted by Gasteiger charge is -2.20. The van der Waals surface area contributed by atoms with Gasteiger partial charge >= 0.3 is 7.67 Å². The van der Waals surface area contributed by atoms with Crippen molar-refractivity contribution >= 4 is 7.67 Å². The molecule has 5 heteroatoms. The molecule has 1 aromatic carbocycles. The van der Waals surface area contributed by atoms with Gasteiger partial charge in [-0.2, -0.15) is 0 Å². The summed E-state index contributed by atoms with van der Waals surface area (Å²) in [5.74, 6) is 0.588. The van der Waals surface area contributed by atoms with Crippen LogP contribution in [-0.4, -0.2) is 13.1 Å². The second-order valence-electron chi connectivity index (χ2n) is 5.58. The molecule has 0 aliphatic rings. The molecule has 0 aliphatic heterocycles. The maximum Gasteiger partial charge on any atom is 0.390 e. The van der Waals surface area contributed by atoms with Crippen molar-refractivity contribution in [3.05, 3.63) is 53.6 Å². The molecular weight excluding hydrogens is 295 g/mol. The van der Waals surface area contributed by atoms with Crippen LogP contribution in [0, 0.1) is 0 Å². The van der Waals surface area contributed by atoms with Crippen molar-refractivity contribution < 1.29 is 9.09 Å². The van der Waals surface area contributed by atoms with Crippen molar-refractivity contribution in [2.24, 2.45) is 0 Å². The van der Waals surface area contributed by atoms with Gasteiger partial charge in [0.25, 0.3) is 0 Å². The Morgan fingerprint density at radius 3 is 2.27 bits per heavy atom. The van der Waals surface area contributed by atoms with E-state index in [2.05, 4.69) is 16.3 Å². The van der Waals surface area contributed by atoms with Crippen LogP contribution in [0.4, 0.5) is 0 Å². The van der Waals surface area contributed by atoms with Gasteiger partial charge in [0.2, 0.25) is 0 Å². The number of benzene rings is 1. The van der Waals surface area contributed by atoms with Gasteiger partial charge in [-0.05, 0) is 46.2 Å². The molecular formula is C17H27N2O2P. The highest BCUT2D eigenvalue weighted by Gasteiger charge is 2.22. The lowest BCUT2D eigenvalue weighted by Crippen LogP contribution is -2.27. The SMILES string of the molecule is CC(C)=CCCNP(=O)(NCC=C(C)C)Oc1ccccc1. The highest BCUT2D eigenvalue weighted by molar-refractivity contribution is 7.55. The number of hydrogen-bond donors (Lipinski definition) is 2. The van der Waals surface area contributed by atoms with Crippen LogP contribution >= 0.6 is 7.67 Å². The summed E-state index contributed by atoms with van der Waals surface area (Å²) in [5.41, 5.74) is 2.42. The highest BCUT2D eigenvalue weighted by atomic mass is 31.2. The minimum atomic E-state index is -3.13. The number of rotatable bonds is 9. The zero-order valence-electron chi connectivity index (χ0n) is 13.9. The summed E-state index contributed by atoms with van der Waals surface area (Å²) in [6.45, 7) is 9.21. The van der Waals surface area contributed by atoms with Gasteiger partial charge in [0.05, 0.1) is 0 Å². The van der Waals surface area contributed by atoms with Crippen molar-refractivity contribution in [3.63, 3.8) is 0 Å². The molecule has 1 rings (SSSR count). The van der Waals surface area contributed by atoms with Crippen LogP contribution in [-0.2, 0) is 4.57 Å². The molecule has 0 bridgehead atoms. The molecule has 22 heavy (non-hydrogen) atoms. The van der Waals surface area contributed by atoms with E-state index in [1.807, 2.05) is 52.0 Å². The molecule has 0 amide bonds. The lowest BCUT2D eigenvalue weighted by molar-refractivity contribution is 0.455. The maximum absolute atomic E-state index is 12.9. The van der Waals surface area contributed by atoms with E-state index in [1.165, 1.54) is 11.1 Å². The minimum Gasteiger partial charge on any atom is -0.422 e. The molecule has 0 heterocycles. The minimum absolute atomic E-state index is 0.502.